The molecule has 0 unspecified atom stereocenters. The smallest absolute Gasteiger partial charge is 0.376 e. The Kier molecular flexibility index (Phi) is 4.38. The van der Waals surface area contributed by atoms with Crippen LogP contribution in [-0.2, 0) is 9.47 Å². The number of carbonyl (C=O) groups is 2. The summed E-state index contributed by atoms with van der Waals surface area (Å²) in [6, 6.07) is 7.29. The molecular weight excluding hydrogens is 377 g/mol. The van der Waals surface area contributed by atoms with Crippen molar-refractivity contribution in [1.82, 2.24) is 4.98 Å². The molecule has 20 heavy (non-hydrogen) atoms. The van der Waals surface area contributed by atoms with Gasteiger partial charge in [0.2, 0.25) is 17.3 Å². The van der Waals surface area contributed by atoms with Crippen molar-refractivity contribution >= 4 is 34.5 Å². The summed E-state index contributed by atoms with van der Waals surface area (Å²) in [5.41, 5.74) is 0.474. The van der Waals surface area contributed by atoms with Crippen molar-refractivity contribution < 1.29 is 23.5 Å². The first-order valence-corrected chi connectivity index (χ1v) is 6.58. The summed E-state index contributed by atoms with van der Waals surface area (Å²) in [7, 11) is 2.39. The molecule has 1 aromatic carbocycles. The van der Waals surface area contributed by atoms with Gasteiger partial charge < -0.3 is 13.9 Å². The van der Waals surface area contributed by atoms with E-state index in [1.807, 2.05) is 12.1 Å². The van der Waals surface area contributed by atoms with Gasteiger partial charge in [-0.15, -0.1) is 0 Å². The Bertz CT molecular complexity index is 631. The number of halogens is 1. The number of hydrogen-bond donors (Lipinski definition) is 0. The summed E-state index contributed by atoms with van der Waals surface area (Å²) in [6.45, 7) is 0. The second kappa shape index (κ2) is 6.04. The lowest BCUT2D eigenvalue weighted by Gasteiger charge is -1.98. The van der Waals surface area contributed by atoms with Crippen molar-refractivity contribution in [3.63, 3.8) is 0 Å². The molecule has 0 saturated carbocycles. The highest BCUT2D eigenvalue weighted by atomic mass is 127. The average Bonchev–Trinajstić information content (AvgIpc) is 2.91. The number of nitrogens with zero attached hydrogens (tertiary/aromatic N) is 1. The second-order valence-electron chi connectivity index (χ2n) is 3.66. The predicted molar refractivity (Wildman–Crippen MR) is 77.3 cm³/mol. The fourth-order valence-electron chi connectivity index (χ4n) is 1.54. The molecule has 6 nitrogen and oxygen atoms in total. The number of ether oxygens (including phenoxy) is 2. The van der Waals surface area contributed by atoms with Crippen molar-refractivity contribution in [2.45, 2.75) is 0 Å². The molecule has 1 aromatic heterocycles. The van der Waals surface area contributed by atoms with Gasteiger partial charge in [0.25, 0.3) is 0 Å². The normalized spacial score (nSPS) is 10.2. The monoisotopic (exact) mass is 387 g/mol. The Labute approximate surface area is 128 Å². The van der Waals surface area contributed by atoms with Crippen LogP contribution in [0.1, 0.15) is 21.0 Å². The molecule has 0 atom stereocenters. The van der Waals surface area contributed by atoms with E-state index >= 15 is 0 Å². The van der Waals surface area contributed by atoms with E-state index in [0.717, 1.165) is 3.57 Å². The summed E-state index contributed by atoms with van der Waals surface area (Å²) in [6.07, 6.45) is 0. The van der Waals surface area contributed by atoms with E-state index in [1.54, 1.807) is 12.1 Å². The van der Waals surface area contributed by atoms with E-state index in [1.165, 1.54) is 14.2 Å². The minimum atomic E-state index is -0.782. The zero-order chi connectivity index (χ0) is 14.7. The van der Waals surface area contributed by atoms with Crippen molar-refractivity contribution in [1.29, 1.82) is 0 Å². The van der Waals surface area contributed by atoms with E-state index in [-0.39, 0.29) is 17.3 Å². The van der Waals surface area contributed by atoms with Gasteiger partial charge >= 0.3 is 11.9 Å². The lowest BCUT2D eigenvalue weighted by molar-refractivity contribution is 0.0527. The molecule has 104 valence electrons. The molecule has 2 aromatic rings. The van der Waals surface area contributed by atoms with Crippen LogP contribution in [0, 0.1) is 3.57 Å². The van der Waals surface area contributed by atoms with Crippen LogP contribution in [0.15, 0.2) is 28.7 Å². The van der Waals surface area contributed by atoms with Crippen LogP contribution < -0.4 is 0 Å². The minimum Gasteiger partial charge on any atom is -0.464 e. The molecule has 0 fully saturated rings. The third kappa shape index (κ3) is 2.67. The van der Waals surface area contributed by atoms with Gasteiger partial charge in [-0.05, 0) is 34.7 Å². The van der Waals surface area contributed by atoms with Crippen molar-refractivity contribution in [2.75, 3.05) is 14.2 Å². The standard InChI is InChI=1S/C13H10INO5/c1-18-12(16)9-10(13(17)19-2)20-11(15-9)7-5-3-4-6-8(7)14/h3-6H,1-2H3. The van der Waals surface area contributed by atoms with E-state index in [4.69, 9.17) is 4.42 Å². The van der Waals surface area contributed by atoms with Crippen LogP contribution in [0.25, 0.3) is 11.5 Å². The van der Waals surface area contributed by atoms with E-state index < -0.39 is 11.9 Å². The fraction of sp³-hybridized carbons (Fsp3) is 0.154. The highest BCUT2D eigenvalue weighted by Gasteiger charge is 2.27. The number of carbonyl (C=O) groups excluding carboxylic acids is 2. The summed E-state index contributed by atoms with van der Waals surface area (Å²) in [5, 5.41) is 0. The molecule has 0 amide bonds. The maximum absolute atomic E-state index is 11.6. The molecular formula is C13H10INO5. The summed E-state index contributed by atoms with van der Waals surface area (Å²) < 4.78 is 15.4. The first-order valence-electron chi connectivity index (χ1n) is 5.50. The summed E-state index contributed by atoms with van der Waals surface area (Å²) in [4.78, 5) is 27.3. The number of aromatic nitrogens is 1. The lowest BCUT2D eigenvalue weighted by Crippen LogP contribution is -2.10. The molecule has 0 N–H and O–H groups in total. The lowest BCUT2D eigenvalue weighted by atomic mass is 10.2. The zero-order valence-corrected chi connectivity index (χ0v) is 12.8. The second-order valence-corrected chi connectivity index (χ2v) is 4.82. The van der Waals surface area contributed by atoms with Gasteiger partial charge in [-0.2, -0.15) is 0 Å². The largest absolute Gasteiger partial charge is 0.464 e. The molecule has 0 aliphatic carbocycles. The number of methoxy groups -OCH3 is 2. The third-order valence-electron chi connectivity index (χ3n) is 2.48. The number of esters is 2. The van der Waals surface area contributed by atoms with E-state index in [9.17, 15) is 9.59 Å². The molecule has 0 aliphatic heterocycles. The Morgan fingerprint density at radius 2 is 1.80 bits per heavy atom. The van der Waals surface area contributed by atoms with Crippen LogP contribution in [0.2, 0.25) is 0 Å². The SMILES string of the molecule is COC(=O)c1nc(-c2ccccc2I)oc1C(=O)OC. The molecule has 0 saturated heterocycles. The van der Waals surface area contributed by atoms with Crippen molar-refractivity contribution in [3.8, 4) is 11.5 Å². The van der Waals surface area contributed by atoms with Crippen LogP contribution in [0.3, 0.4) is 0 Å². The molecule has 0 spiro atoms. The van der Waals surface area contributed by atoms with Gasteiger partial charge in [0.1, 0.15) is 0 Å². The van der Waals surface area contributed by atoms with Crippen molar-refractivity contribution in [3.05, 3.63) is 39.3 Å². The van der Waals surface area contributed by atoms with Gasteiger partial charge in [0.15, 0.2) is 0 Å². The first-order chi connectivity index (χ1) is 9.58. The van der Waals surface area contributed by atoms with Gasteiger partial charge in [-0.1, -0.05) is 12.1 Å². The maximum Gasteiger partial charge on any atom is 0.376 e. The molecule has 2 rings (SSSR count). The summed E-state index contributed by atoms with van der Waals surface area (Å²) in [5.74, 6) is -1.65. The topological polar surface area (TPSA) is 78.6 Å². The van der Waals surface area contributed by atoms with Crippen LogP contribution >= 0.6 is 22.6 Å². The molecule has 0 radical (unpaired) electrons. The Morgan fingerprint density at radius 3 is 2.40 bits per heavy atom. The average molecular weight is 387 g/mol. The Morgan fingerprint density at radius 1 is 1.15 bits per heavy atom. The van der Waals surface area contributed by atoms with Gasteiger partial charge in [-0.25, -0.2) is 14.6 Å². The Hall–Kier alpha value is -1.90. The number of rotatable bonds is 3. The quantitative estimate of drug-likeness (QED) is 0.595. The highest BCUT2D eigenvalue weighted by molar-refractivity contribution is 14.1. The molecule has 1 heterocycles. The van der Waals surface area contributed by atoms with Crippen LogP contribution in [-0.4, -0.2) is 31.1 Å². The maximum atomic E-state index is 11.6. The predicted octanol–water partition coefficient (Wildman–Crippen LogP) is 2.52. The van der Waals surface area contributed by atoms with Gasteiger partial charge in [0.05, 0.1) is 19.8 Å². The number of hydrogen-bond acceptors (Lipinski definition) is 6. The fourth-order valence-corrected chi connectivity index (χ4v) is 2.15. The molecule has 0 bridgehead atoms. The Balaban J connectivity index is 2.57. The van der Waals surface area contributed by atoms with Crippen LogP contribution in [0.5, 0.6) is 0 Å². The van der Waals surface area contributed by atoms with E-state index in [2.05, 4.69) is 37.0 Å². The molecule has 7 heteroatoms. The van der Waals surface area contributed by atoms with Crippen molar-refractivity contribution in [2.24, 2.45) is 0 Å². The number of oxazole rings is 1. The summed E-state index contributed by atoms with van der Waals surface area (Å²) >= 11 is 2.11. The van der Waals surface area contributed by atoms with Gasteiger partial charge in [0, 0.05) is 3.57 Å². The van der Waals surface area contributed by atoms with Crippen LogP contribution in [0.4, 0.5) is 0 Å². The van der Waals surface area contributed by atoms with E-state index in [0.29, 0.717) is 5.56 Å². The van der Waals surface area contributed by atoms with Gasteiger partial charge in [-0.3, -0.25) is 0 Å². The first kappa shape index (κ1) is 14.5. The third-order valence-corrected chi connectivity index (χ3v) is 3.42. The highest BCUT2D eigenvalue weighted by Crippen LogP contribution is 2.27. The molecule has 0 aliphatic rings. The number of benzene rings is 1. The zero-order valence-electron chi connectivity index (χ0n) is 10.7. The minimum absolute atomic E-state index is 0.163.